The number of urea groups is 1. The summed E-state index contributed by atoms with van der Waals surface area (Å²) in [4.78, 5) is 46.9. The Labute approximate surface area is 215 Å². The lowest BCUT2D eigenvalue weighted by molar-refractivity contribution is -0.134. The number of likely N-dealkylation sites (tertiary alicyclic amines) is 1. The van der Waals surface area contributed by atoms with Crippen LogP contribution in [0, 0.1) is 5.92 Å². The highest BCUT2D eigenvalue weighted by Gasteiger charge is 2.27. The van der Waals surface area contributed by atoms with Gasteiger partial charge >= 0.3 is 11.7 Å². The minimum Gasteiger partial charge on any atom is -0.394 e. The second-order valence-corrected chi connectivity index (χ2v) is 9.83. The molecule has 1 aromatic carbocycles. The SMILES string of the molecule is C[C@@H]1CN(Cc2ccc(-n3ccc(NC(=O)N4CCN(C(=O)[C@@H](N)CO)CC4)nc3=O)cc2)CC[C@H]1N. The van der Waals surface area contributed by atoms with Gasteiger partial charge in [0.1, 0.15) is 11.9 Å². The molecule has 2 aromatic rings. The first-order valence-corrected chi connectivity index (χ1v) is 12.6. The fraction of sp³-hybridized carbons (Fsp3) is 0.520. The number of piperazine rings is 1. The fourth-order valence-electron chi connectivity index (χ4n) is 4.71. The third kappa shape index (κ3) is 6.52. The standard InChI is InChI=1S/C25H36N8O4/c1-17-14-30(8-6-20(17)26)15-18-2-4-19(5-3-18)33-9-7-22(29-25(33)37)28-24(36)32-12-10-31(11-13-32)23(35)21(27)16-34/h2-5,7,9,17,20-21,34H,6,8,10-16,26-27H2,1H3,(H,28,29,36,37)/t17-,20-,21+/m1/s1. The number of nitrogens with zero attached hydrogens (tertiary/aromatic N) is 5. The molecule has 2 aliphatic rings. The lowest BCUT2D eigenvalue weighted by atomic mass is 9.94. The van der Waals surface area contributed by atoms with Gasteiger partial charge in [-0.05, 0) is 42.6 Å². The largest absolute Gasteiger partial charge is 0.394 e. The summed E-state index contributed by atoms with van der Waals surface area (Å²) in [6.45, 7) is 5.81. The van der Waals surface area contributed by atoms with Crippen LogP contribution in [-0.4, -0.2) is 99.3 Å². The average Bonchev–Trinajstić information content (AvgIpc) is 2.90. The van der Waals surface area contributed by atoms with Gasteiger partial charge in [-0.2, -0.15) is 4.98 Å². The Balaban J connectivity index is 1.32. The molecule has 200 valence electrons. The van der Waals surface area contributed by atoms with Crippen molar-refractivity contribution in [3.8, 4) is 5.69 Å². The third-order valence-corrected chi connectivity index (χ3v) is 7.11. The molecule has 3 heterocycles. The van der Waals surface area contributed by atoms with Crippen LogP contribution in [0.15, 0.2) is 41.3 Å². The van der Waals surface area contributed by atoms with Crippen molar-refractivity contribution < 1.29 is 14.7 Å². The van der Waals surface area contributed by atoms with Gasteiger partial charge in [0.25, 0.3) is 0 Å². The van der Waals surface area contributed by atoms with Crippen LogP contribution < -0.4 is 22.5 Å². The van der Waals surface area contributed by atoms with Gasteiger partial charge in [0.05, 0.1) is 12.3 Å². The maximum absolute atomic E-state index is 12.7. The Morgan fingerprint density at radius 1 is 1.11 bits per heavy atom. The van der Waals surface area contributed by atoms with E-state index >= 15 is 0 Å². The zero-order valence-electron chi connectivity index (χ0n) is 21.1. The van der Waals surface area contributed by atoms with Crippen molar-refractivity contribution in [2.45, 2.75) is 32.0 Å². The fourth-order valence-corrected chi connectivity index (χ4v) is 4.71. The number of anilines is 1. The van der Waals surface area contributed by atoms with Crippen molar-refractivity contribution in [2.24, 2.45) is 17.4 Å². The lowest BCUT2D eigenvalue weighted by Crippen LogP contribution is -2.55. The van der Waals surface area contributed by atoms with Gasteiger partial charge in [-0.15, -0.1) is 0 Å². The molecule has 0 unspecified atom stereocenters. The van der Waals surface area contributed by atoms with Gasteiger partial charge in [0, 0.05) is 51.5 Å². The second-order valence-electron chi connectivity index (χ2n) is 9.83. The van der Waals surface area contributed by atoms with Crippen molar-refractivity contribution in [2.75, 3.05) is 51.2 Å². The third-order valence-electron chi connectivity index (χ3n) is 7.11. The van der Waals surface area contributed by atoms with E-state index in [0.717, 1.165) is 31.6 Å². The quantitative estimate of drug-likeness (QED) is 0.399. The number of aliphatic hydroxyl groups is 1. The van der Waals surface area contributed by atoms with Crippen LogP contribution in [0.3, 0.4) is 0 Å². The van der Waals surface area contributed by atoms with Crippen LogP contribution in [0.1, 0.15) is 18.9 Å². The number of piperidine rings is 1. The molecule has 0 bridgehead atoms. The van der Waals surface area contributed by atoms with Crippen molar-refractivity contribution in [3.05, 3.63) is 52.6 Å². The molecule has 37 heavy (non-hydrogen) atoms. The summed E-state index contributed by atoms with van der Waals surface area (Å²) < 4.78 is 1.43. The predicted octanol–water partition coefficient (Wildman–Crippen LogP) is -0.603. The van der Waals surface area contributed by atoms with Crippen LogP contribution in [0.2, 0.25) is 0 Å². The van der Waals surface area contributed by atoms with Crippen LogP contribution in [0.5, 0.6) is 0 Å². The molecule has 0 spiro atoms. The zero-order valence-corrected chi connectivity index (χ0v) is 21.1. The number of nitrogens with one attached hydrogen (secondary N) is 1. The first-order chi connectivity index (χ1) is 17.7. The van der Waals surface area contributed by atoms with Crippen molar-refractivity contribution in [3.63, 3.8) is 0 Å². The number of rotatable bonds is 6. The molecule has 12 heteroatoms. The molecule has 6 N–H and O–H groups in total. The summed E-state index contributed by atoms with van der Waals surface area (Å²) in [5.74, 6) is 0.286. The number of hydrogen-bond acceptors (Lipinski definition) is 8. The maximum Gasteiger partial charge on any atom is 0.354 e. The Hall–Kier alpha value is -3.32. The molecule has 2 saturated heterocycles. The summed E-state index contributed by atoms with van der Waals surface area (Å²) >= 11 is 0. The number of amides is 3. The van der Waals surface area contributed by atoms with Crippen molar-refractivity contribution in [1.29, 1.82) is 0 Å². The van der Waals surface area contributed by atoms with Crippen LogP contribution in [-0.2, 0) is 11.3 Å². The average molecular weight is 513 g/mol. The Morgan fingerprint density at radius 2 is 1.78 bits per heavy atom. The molecule has 2 fully saturated rings. The van der Waals surface area contributed by atoms with Crippen LogP contribution in [0.25, 0.3) is 5.69 Å². The van der Waals surface area contributed by atoms with Crippen molar-refractivity contribution in [1.82, 2.24) is 24.3 Å². The maximum atomic E-state index is 12.7. The van der Waals surface area contributed by atoms with E-state index in [1.165, 1.54) is 14.4 Å². The van der Waals surface area contributed by atoms with Gasteiger partial charge in [-0.3, -0.25) is 19.6 Å². The Morgan fingerprint density at radius 3 is 2.41 bits per heavy atom. The number of carbonyl (C=O) groups is 2. The molecular formula is C25H36N8O4. The highest BCUT2D eigenvalue weighted by Crippen LogP contribution is 2.18. The van der Waals surface area contributed by atoms with Crippen LogP contribution >= 0.6 is 0 Å². The summed E-state index contributed by atoms with van der Waals surface area (Å²) in [5.41, 5.74) is 13.1. The first-order valence-electron chi connectivity index (χ1n) is 12.6. The van der Waals surface area contributed by atoms with Gasteiger partial charge in [-0.1, -0.05) is 19.1 Å². The highest BCUT2D eigenvalue weighted by molar-refractivity contribution is 5.88. The van der Waals surface area contributed by atoms with E-state index in [9.17, 15) is 14.4 Å². The summed E-state index contributed by atoms with van der Waals surface area (Å²) in [6, 6.07) is 8.28. The lowest BCUT2D eigenvalue weighted by Gasteiger charge is -2.35. The molecule has 2 aliphatic heterocycles. The monoisotopic (exact) mass is 512 g/mol. The summed E-state index contributed by atoms with van der Waals surface area (Å²) in [6.07, 6.45) is 2.58. The highest BCUT2D eigenvalue weighted by atomic mass is 16.3. The smallest absolute Gasteiger partial charge is 0.354 e. The number of aliphatic hydroxyl groups excluding tert-OH is 1. The second kappa shape index (κ2) is 11.8. The molecule has 4 rings (SSSR count). The van der Waals surface area contributed by atoms with Gasteiger partial charge in [0.15, 0.2) is 0 Å². The predicted molar refractivity (Wildman–Crippen MR) is 139 cm³/mol. The molecule has 3 amide bonds. The molecule has 0 aliphatic carbocycles. The van der Waals surface area contributed by atoms with Gasteiger partial charge in [0.2, 0.25) is 5.91 Å². The topological polar surface area (TPSA) is 163 Å². The number of hydrogen-bond donors (Lipinski definition) is 4. The zero-order chi connectivity index (χ0) is 26.5. The molecule has 12 nitrogen and oxygen atoms in total. The minimum atomic E-state index is -0.954. The van der Waals surface area contributed by atoms with E-state index in [4.69, 9.17) is 16.6 Å². The van der Waals surface area contributed by atoms with E-state index < -0.39 is 24.4 Å². The summed E-state index contributed by atoms with van der Waals surface area (Å²) in [5, 5.41) is 11.7. The van der Waals surface area contributed by atoms with Gasteiger partial charge < -0.3 is 26.4 Å². The van der Waals surface area contributed by atoms with E-state index in [1.807, 2.05) is 24.3 Å². The Bertz CT molecular complexity index is 1150. The molecular weight excluding hydrogens is 476 g/mol. The first kappa shape index (κ1) is 26.7. The molecule has 0 radical (unpaired) electrons. The van der Waals surface area contributed by atoms with Crippen LogP contribution in [0.4, 0.5) is 10.6 Å². The Kier molecular flexibility index (Phi) is 8.54. The normalized spacial score (nSPS) is 21.5. The van der Waals surface area contributed by atoms with Crippen molar-refractivity contribution >= 4 is 17.8 Å². The summed E-state index contributed by atoms with van der Waals surface area (Å²) in [7, 11) is 0. The van der Waals surface area contributed by atoms with E-state index in [-0.39, 0.29) is 17.8 Å². The van der Waals surface area contributed by atoms with E-state index in [1.54, 1.807) is 12.3 Å². The molecule has 3 atom stereocenters. The number of aromatic nitrogens is 2. The van der Waals surface area contributed by atoms with Gasteiger partial charge in [-0.25, -0.2) is 9.59 Å². The molecule has 1 aromatic heterocycles. The minimum absolute atomic E-state index is 0.154. The van der Waals surface area contributed by atoms with E-state index in [2.05, 4.69) is 22.1 Å². The number of nitrogens with two attached hydrogens (primary N) is 2. The number of carbonyl (C=O) groups excluding carboxylic acids is 2. The van der Waals surface area contributed by atoms with E-state index in [0.29, 0.717) is 37.8 Å². The molecule has 0 saturated carbocycles. The number of benzene rings is 1.